The fourth-order valence-electron chi connectivity index (χ4n) is 11.8. The van der Waals surface area contributed by atoms with E-state index in [2.05, 4.69) is 31.3 Å². The number of carbonyl (C=O) groups excluding carboxylic acids is 1. The van der Waals surface area contributed by atoms with E-state index in [1.54, 1.807) is 6.08 Å². The molecule has 506 valence electrons. The van der Waals surface area contributed by atoms with Gasteiger partial charge in [0.1, 0.15) is 73.2 Å². The number of hydrogen-bond acceptors (Lipinski definition) is 18. The van der Waals surface area contributed by atoms with Crippen LogP contribution in [0.4, 0.5) is 0 Å². The average molecular weight is 1230 g/mol. The third kappa shape index (κ3) is 32.0. The van der Waals surface area contributed by atoms with Crippen LogP contribution in [0.5, 0.6) is 0 Å². The molecular formula is C67H125NO18. The molecule has 0 aromatic carbocycles. The standard InChI is InChI=1S/C67H125NO18/c1-3-5-7-9-11-13-15-17-18-19-20-21-22-23-24-25-26-27-28-29-30-31-32-33-35-37-39-41-43-45-55(73)68-50(51(72)44-42-40-38-36-34-16-14-12-10-8-6-4-2)49-81-65-61(79)58(76)63(53(47-70)83-65)86-67-62(80)59(77)64(54(48-71)84-67)85-66-60(78)57(75)56(74)52(46-69)82-66/h19-20,42,44,50-54,56-67,69-72,74-80H,3-18,21-41,43,45-49H2,1-2H3,(H,68,73)/b20-19-,44-42+. The topological polar surface area (TPSA) is 307 Å². The van der Waals surface area contributed by atoms with Crippen LogP contribution in [0.25, 0.3) is 0 Å². The van der Waals surface area contributed by atoms with Gasteiger partial charge in [0.25, 0.3) is 0 Å². The van der Waals surface area contributed by atoms with E-state index in [4.69, 9.17) is 28.4 Å². The van der Waals surface area contributed by atoms with Crippen LogP contribution in [0, 0.1) is 0 Å². The Labute approximate surface area is 518 Å². The molecule has 0 spiro atoms. The van der Waals surface area contributed by atoms with Gasteiger partial charge < -0.3 is 89.9 Å². The van der Waals surface area contributed by atoms with E-state index in [1.165, 1.54) is 193 Å². The predicted molar refractivity (Wildman–Crippen MR) is 333 cm³/mol. The molecule has 3 aliphatic heterocycles. The Morgan fingerprint density at radius 1 is 0.407 bits per heavy atom. The fraction of sp³-hybridized carbons (Fsp3) is 0.925. The summed E-state index contributed by atoms with van der Waals surface area (Å²) in [5, 5.41) is 120. The van der Waals surface area contributed by atoms with E-state index in [1.807, 2.05) is 6.08 Å². The summed E-state index contributed by atoms with van der Waals surface area (Å²) in [6.45, 7) is 1.73. The Bertz CT molecular complexity index is 1660. The normalized spacial score (nSPS) is 28.9. The molecule has 12 N–H and O–H groups in total. The minimum Gasteiger partial charge on any atom is -0.394 e. The lowest BCUT2D eigenvalue weighted by molar-refractivity contribution is -0.379. The van der Waals surface area contributed by atoms with Crippen LogP contribution < -0.4 is 5.32 Å². The Kier molecular flexibility index (Phi) is 45.6. The van der Waals surface area contributed by atoms with Crippen LogP contribution in [-0.2, 0) is 33.2 Å². The highest BCUT2D eigenvalue weighted by molar-refractivity contribution is 5.76. The van der Waals surface area contributed by atoms with Crippen molar-refractivity contribution < 1.29 is 89.4 Å². The van der Waals surface area contributed by atoms with Crippen molar-refractivity contribution in [2.24, 2.45) is 0 Å². The largest absolute Gasteiger partial charge is 0.394 e. The van der Waals surface area contributed by atoms with E-state index < -0.39 is 124 Å². The van der Waals surface area contributed by atoms with Crippen molar-refractivity contribution in [2.75, 3.05) is 26.4 Å². The van der Waals surface area contributed by atoms with Gasteiger partial charge in [0.2, 0.25) is 5.91 Å². The maximum absolute atomic E-state index is 13.4. The maximum atomic E-state index is 13.4. The van der Waals surface area contributed by atoms with E-state index in [0.717, 1.165) is 44.9 Å². The summed E-state index contributed by atoms with van der Waals surface area (Å²) in [5.41, 5.74) is 0. The van der Waals surface area contributed by atoms with Gasteiger partial charge in [-0.25, -0.2) is 0 Å². The van der Waals surface area contributed by atoms with Gasteiger partial charge in [-0.2, -0.15) is 0 Å². The van der Waals surface area contributed by atoms with Crippen molar-refractivity contribution in [3.05, 3.63) is 24.3 Å². The molecule has 1 amide bonds. The molecule has 3 fully saturated rings. The lowest BCUT2D eigenvalue weighted by Gasteiger charge is -2.48. The van der Waals surface area contributed by atoms with Gasteiger partial charge in [-0.15, -0.1) is 0 Å². The van der Waals surface area contributed by atoms with Gasteiger partial charge in [-0.3, -0.25) is 4.79 Å². The fourth-order valence-corrected chi connectivity index (χ4v) is 11.8. The Morgan fingerprint density at radius 2 is 0.733 bits per heavy atom. The molecular weight excluding hydrogens is 1110 g/mol. The number of amides is 1. The molecule has 0 saturated carbocycles. The van der Waals surface area contributed by atoms with Gasteiger partial charge in [-0.1, -0.05) is 237 Å². The van der Waals surface area contributed by atoms with Crippen molar-refractivity contribution in [3.63, 3.8) is 0 Å². The molecule has 19 heteroatoms. The third-order valence-corrected chi connectivity index (χ3v) is 17.5. The minimum absolute atomic E-state index is 0.247. The molecule has 86 heavy (non-hydrogen) atoms. The highest BCUT2D eigenvalue weighted by atomic mass is 16.8. The molecule has 0 bridgehead atoms. The first-order chi connectivity index (χ1) is 41.8. The second-order valence-corrected chi connectivity index (χ2v) is 25.0. The number of aliphatic hydroxyl groups is 11. The quantitative estimate of drug-likeness (QED) is 0.0200. The van der Waals surface area contributed by atoms with Gasteiger partial charge in [-0.05, 0) is 44.9 Å². The molecule has 19 nitrogen and oxygen atoms in total. The third-order valence-electron chi connectivity index (χ3n) is 17.5. The molecule has 0 radical (unpaired) electrons. The van der Waals surface area contributed by atoms with Crippen molar-refractivity contribution in [1.29, 1.82) is 0 Å². The first-order valence-electron chi connectivity index (χ1n) is 34.6. The van der Waals surface area contributed by atoms with Gasteiger partial charge >= 0.3 is 0 Å². The highest BCUT2D eigenvalue weighted by Gasteiger charge is 2.53. The van der Waals surface area contributed by atoms with Crippen molar-refractivity contribution >= 4 is 5.91 Å². The van der Waals surface area contributed by atoms with Gasteiger partial charge in [0.15, 0.2) is 18.9 Å². The van der Waals surface area contributed by atoms with E-state index >= 15 is 0 Å². The van der Waals surface area contributed by atoms with Crippen LogP contribution in [-0.4, -0.2) is 193 Å². The molecule has 0 aromatic heterocycles. The molecule has 3 saturated heterocycles. The number of allylic oxidation sites excluding steroid dienone is 3. The first-order valence-corrected chi connectivity index (χ1v) is 34.6. The lowest BCUT2D eigenvalue weighted by atomic mass is 9.96. The number of carbonyl (C=O) groups is 1. The minimum atomic E-state index is -1.98. The smallest absolute Gasteiger partial charge is 0.220 e. The number of unbranched alkanes of at least 4 members (excludes halogenated alkanes) is 35. The summed E-state index contributed by atoms with van der Waals surface area (Å²) in [6, 6.07) is -0.969. The maximum Gasteiger partial charge on any atom is 0.220 e. The van der Waals surface area contributed by atoms with Crippen molar-refractivity contribution in [2.45, 2.75) is 369 Å². The van der Waals surface area contributed by atoms with Crippen molar-refractivity contribution in [1.82, 2.24) is 5.32 Å². The number of ether oxygens (including phenoxy) is 6. The molecule has 3 aliphatic rings. The summed E-state index contributed by atoms with van der Waals surface area (Å²) in [6.07, 6.45) is 28.9. The van der Waals surface area contributed by atoms with E-state index in [9.17, 15) is 61.0 Å². The average Bonchev–Trinajstić information content (AvgIpc) is 2.62. The number of rotatable bonds is 53. The molecule has 3 heterocycles. The zero-order chi connectivity index (χ0) is 62.6. The van der Waals surface area contributed by atoms with Crippen LogP contribution in [0.3, 0.4) is 0 Å². The van der Waals surface area contributed by atoms with E-state index in [0.29, 0.717) is 6.42 Å². The zero-order valence-electron chi connectivity index (χ0n) is 53.3. The number of aliphatic hydroxyl groups excluding tert-OH is 11. The summed E-state index contributed by atoms with van der Waals surface area (Å²) < 4.78 is 34.3. The van der Waals surface area contributed by atoms with Crippen LogP contribution in [0.2, 0.25) is 0 Å². The van der Waals surface area contributed by atoms with Crippen LogP contribution in [0.1, 0.15) is 264 Å². The molecule has 17 atom stereocenters. The van der Waals surface area contributed by atoms with Gasteiger partial charge in [0, 0.05) is 6.42 Å². The molecule has 0 aliphatic carbocycles. The Hall–Kier alpha value is -1.73. The van der Waals surface area contributed by atoms with Crippen LogP contribution >= 0.6 is 0 Å². The number of nitrogens with one attached hydrogen (secondary N) is 1. The Morgan fingerprint density at radius 3 is 1.13 bits per heavy atom. The SMILES string of the molecule is CCCCCCCCCC/C=C\CCCCCCCCCCCCCCCCCCCC(=O)NC(COC1OC(CO)C(OC2OC(CO)C(OC3OC(CO)C(O)C(O)C3O)C(O)C2O)C(O)C1O)C(O)/C=C/CCCCCCCCCCCC. The number of hydrogen-bond donors (Lipinski definition) is 12. The second kappa shape index (κ2) is 49.9. The second-order valence-electron chi connectivity index (χ2n) is 25.0. The summed E-state index contributed by atoms with van der Waals surface area (Å²) >= 11 is 0. The Balaban J connectivity index is 1.38. The molecule has 0 aromatic rings. The van der Waals surface area contributed by atoms with Gasteiger partial charge in [0.05, 0.1) is 38.6 Å². The molecule has 3 rings (SSSR count). The summed E-state index contributed by atoms with van der Waals surface area (Å²) in [4.78, 5) is 13.4. The van der Waals surface area contributed by atoms with Crippen molar-refractivity contribution in [3.8, 4) is 0 Å². The summed E-state index contributed by atoms with van der Waals surface area (Å²) in [5.74, 6) is -0.273. The van der Waals surface area contributed by atoms with E-state index in [-0.39, 0.29) is 18.9 Å². The first kappa shape index (κ1) is 78.5. The molecule has 17 unspecified atom stereocenters. The zero-order valence-corrected chi connectivity index (χ0v) is 53.3. The predicted octanol–water partition coefficient (Wildman–Crippen LogP) is 8.66. The van der Waals surface area contributed by atoms with Crippen LogP contribution in [0.15, 0.2) is 24.3 Å². The monoisotopic (exact) mass is 1230 g/mol. The lowest BCUT2D eigenvalue weighted by Crippen LogP contribution is -2.66. The summed E-state index contributed by atoms with van der Waals surface area (Å²) in [7, 11) is 0. The highest BCUT2D eigenvalue weighted by Crippen LogP contribution is 2.33.